The molecule has 1 heterocycles. The van der Waals surface area contributed by atoms with Crippen LogP contribution in [-0.4, -0.2) is 30.1 Å². The number of carbonyl (C=O) groups is 2. The topological polar surface area (TPSA) is 79.9 Å². The summed E-state index contributed by atoms with van der Waals surface area (Å²) in [6.07, 6.45) is -4.87. The van der Waals surface area contributed by atoms with Gasteiger partial charge in [0.2, 0.25) is 0 Å². The molecular weight excluding hydrogens is 487 g/mol. The van der Waals surface area contributed by atoms with Crippen molar-refractivity contribution in [2.75, 3.05) is 17.7 Å². The third-order valence-electron chi connectivity index (χ3n) is 5.86. The van der Waals surface area contributed by atoms with E-state index in [9.17, 15) is 22.8 Å². The van der Waals surface area contributed by atoms with Crippen LogP contribution in [0.5, 0.6) is 11.5 Å². The van der Waals surface area contributed by atoms with Gasteiger partial charge in [0.1, 0.15) is 11.5 Å². The zero-order chi connectivity index (χ0) is 26.6. The van der Waals surface area contributed by atoms with Crippen LogP contribution in [0.2, 0.25) is 0 Å². The maximum atomic E-state index is 13.2. The number of rotatable bonds is 6. The summed E-state index contributed by atoms with van der Waals surface area (Å²) in [6, 6.07) is 16.3. The number of urea groups is 1. The number of anilines is 2. The van der Waals surface area contributed by atoms with Crippen molar-refractivity contribution in [2.24, 2.45) is 0 Å². The first-order valence-electron chi connectivity index (χ1n) is 11.6. The second kappa shape index (κ2) is 10.8. The predicted molar refractivity (Wildman–Crippen MR) is 132 cm³/mol. The highest BCUT2D eigenvalue weighted by molar-refractivity contribution is 6.00. The summed E-state index contributed by atoms with van der Waals surface area (Å²) >= 11 is 0. The highest BCUT2D eigenvalue weighted by Crippen LogP contribution is 2.32. The molecule has 3 aromatic rings. The molecule has 0 unspecified atom stereocenters. The molecular formula is C27H26F3N3O4. The van der Waals surface area contributed by atoms with Gasteiger partial charge in [-0.25, -0.2) is 4.79 Å². The van der Waals surface area contributed by atoms with Gasteiger partial charge in [-0.1, -0.05) is 25.1 Å². The lowest BCUT2D eigenvalue weighted by molar-refractivity contribution is -0.139. The van der Waals surface area contributed by atoms with E-state index in [1.807, 2.05) is 0 Å². The highest BCUT2D eigenvalue weighted by atomic mass is 19.4. The van der Waals surface area contributed by atoms with Gasteiger partial charge in [0.25, 0.3) is 5.91 Å². The average molecular weight is 514 g/mol. The average Bonchev–Trinajstić information content (AvgIpc) is 2.99. The molecule has 194 valence electrons. The molecule has 0 fully saturated rings. The van der Waals surface area contributed by atoms with Gasteiger partial charge < -0.3 is 25.0 Å². The third-order valence-corrected chi connectivity index (χ3v) is 5.86. The maximum Gasteiger partial charge on any atom is 0.416 e. The number of amides is 3. The summed E-state index contributed by atoms with van der Waals surface area (Å²) in [5.74, 6) is 0.753. The minimum absolute atomic E-state index is 0.0178. The first-order chi connectivity index (χ1) is 17.7. The summed E-state index contributed by atoms with van der Waals surface area (Å²) in [7, 11) is 1.53. The van der Waals surface area contributed by atoms with Crippen LogP contribution in [0.25, 0.3) is 0 Å². The standard InChI is InChI=1S/C27H26F3N3O4/c1-3-23-25(34)33(15-17-6-4-7-19(12-17)27(28,29)30)16-18-13-21(10-11-24(18)37-23)32-26(35)31-20-8-5-9-22(14-20)36-2/h4-14,23H,3,15-16H2,1-2H3,(H2,31,32,35)/t23-/m1/s1. The number of hydrogen-bond acceptors (Lipinski definition) is 4. The van der Waals surface area contributed by atoms with Gasteiger partial charge in [-0.2, -0.15) is 13.2 Å². The number of methoxy groups -OCH3 is 1. The normalized spacial score (nSPS) is 15.3. The fraction of sp³-hybridized carbons (Fsp3) is 0.259. The number of halogens is 3. The molecule has 1 aliphatic heterocycles. The van der Waals surface area contributed by atoms with Crippen molar-refractivity contribution in [3.63, 3.8) is 0 Å². The Balaban J connectivity index is 1.53. The first-order valence-corrected chi connectivity index (χ1v) is 11.6. The van der Waals surface area contributed by atoms with Crippen molar-refractivity contribution >= 4 is 23.3 Å². The Labute approximate surface area is 212 Å². The van der Waals surface area contributed by atoms with Crippen molar-refractivity contribution in [1.82, 2.24) is 4.90 Å². The molecule has 7 nitrogen and oxygen atoms in total. The van der Waals surface area contributed by atoms with Crippen LogP contribution in [0.1, 0.15) is 30.0 Å². The quantitative estimate of drug-likeness (QED) is 0.420. The summed E-state index contributed by atoms with van der Waals surface area (Å²) in [6.45, 7) is 1.89. The van der Waals surface area contributed by atoms with Crippen LogP contribution in [-0.2, 0) is 24.1 Å². The predicted octanol–water partition coefficient (Wildman–Crippen LogP) is 6.06. The van der Waals surface area contributed by atoms with E-state index in [1.165, 1.54) is 18.1 Å². The van der Waals surface area contributed by atoms with E-state index < -0.39 is 23.9 Å². The van der Waals surface area contributed by atoms with E-state index >= 15 is 0 Å². The van der Waals surface area contributed by atoms with Gasteiger partial charge in [0.05, 0.1) is 12.7 Å². The number of nitrogens with one attached hydrogen (secondary N) is 2. The largest absolute Gasteiger partial charge is 0.497 e. The Morgan fingerprint density at radius 2 is 1.78 bits per heavy atom. The van der Waals surface area contributed by atoms with Crippen molar-refractivity contribution in [2.45, 2.75) is 38.7 Å². The zero-order valence-corrected chi connectivity index (χ0v) is 20.3. The zero-order valence-electron chi connectivity index (χ0n) is 20.3. The molecule has 0 bridgehead atoms. The minimum Gasteiger partial charge on any atom is -0.497 e. The van der Waals surface area contributed by atoms with Crippen molar-refractivity contribution in [3.8, 4) is 11.5 Å². The highest BCUT2D eigenvalue weighted by Gasteiger charge is 2.32. The molecule has 1 aliphatic rings. The number of ether oxygens (including phenoxy) is 2. The van der Waals surface area contributed by atoms with Gasteiger partial charge in [0.15, 0.2) is 6.10 Å². The Morgan fingerprint density at radius 3 is 2.49 bits per heavy atom. The van der Waals surface area contributed by atoms with E-state index in [0.717, 1.165) is 12.1 Å². The summed E-state index contributed by atoms with van der Waals surface area (Å²) in [5, 5.41) is 5.47. The fourth-order valence-electron chi connectivity index (χ4n) is 4.04. The molecule has 2 N–H and O–H groups in total. The van der Waals surface area contributed by atoms with Crippen LogP contribution in [0.3, 0.4) is 0 Å². The van der Waals surface area contributed by atoms with Gasteiger partial charge in [0, 0.05) is 36.1 Å². The fourth-order valence-corrected chi connectivity index (χ4v) is 4.04. The molecule has 10 heteroatoms. The molecule has 0 saturated carbocycles. The molecule has 0 aliphatic carbocycles. The number of alkyl halides is 3. The lowest BCUT2D eigenvalue weighted by Gasteiger charge is -2.23. The van der Waals surface area contributed by atoms with Crippen LogP contribution in [0.15, 0.2) is 66.7 Å². The molecule has 4 rings (SSSR count). The molecule has 3 aromatic carbocycles. The summed E-state index contributed by atoms with van der Waals surface area (Å²) in [5.41, 5.74) is 1.20. The van der Waals surface area contributed by atoms with Gasteiger partial charge in [-0.05, 0) is 54.4 Å². The van der Waals surface area contributed by atoms with Crippen LogP contribution >= 0.6 is 0 Å². The number of carbonyl (C=O) groups excluding carboxylic acids is 2. The number of benzene rings is 3. The van der Waals surface area contributed by atoms with E-state index in [1.54, 1.807) is 55.5 Å². The summed E-state index contributed by atoms with van der Waals surface area (Å²) in [4.78, 5) is 27.1. The van der Waals surface area contributed by atoms with Crippen LogP contribution < -0.4 is 20.1 Å². The van der Waals surface area contributed by atoms with Crippen molar-refractivity contribution in [1.29, 1.82) is 0 Å². The van der Waals surface area contributed by atoms with E-state index in [2.05, 4.69) is 10.6 Å². The van der Waals surface area contributed by atoms with E-state index in [0.29, 0.717) is 40.4 Å². The molecule has 0 spiro atoms. The molecule has 1 atom stereocenters. The Kier molecular flexibility index (Phi) is 7.56. The van der Waals surface area contributed by atoms with Gasteiger partial charge in [-0.15, -0.1) is 0 Å². The Hall–Kier alpha value is -4.21. The molecule has 37 heavy (non-hydrogen) atoms. The lowest BCUT2D eigenvalue weighted by Crippen LogP contribution is -2.38. The molecule has 0 aromatic heterocycles. The summed E-state index contributed by atoms with van der Waals surface area (Å²) < 4.78 is 50.6. The van der Waals surface area contributed by atoms with Crippen molar-refractivity contribution < 1.29 is 32.2 Å². The van der Waals surface area contributed by atoms with Gasteiger partial charge in [-0.3, -0.25) is 4.79 Å². The van der Waals surface area contributed by atoms with E-state index in [4.69, 9.17) is 9.47 Å². The monoisotopic (exact) mass is 513 g/mol. The SMILES string of the molecule is CC[C@H]1Oc2ccc(NC(=O)Nc3cccc(OC)c3)cc2CN(Cc2cccc(C(F)(F)F)c2)C1=O. The number of nitrogens with zero attached hydrogens (tertiary/aromatic N) is 1. The Morgan fingerprint density at radius 1 is 1.05 bits per heavy atom. The first kappa shape index (κ1) is 25.9. The van der Waals surface area contributed by atoms with Gasteiger partial charge >= 0.3 is 12.2 Å². The number of hydrogen-bond donors (Lipinski definition) is 2. The van der Waals surface area contributed by atoms with Crippen LogP contribution in [0, 0.1) is 0 Å². The maximum absolute atomic E-state index is 13.2. The van der Waals surface area contributed by atoms with Crippen LogP contribution in [0.4, 0.5) is 29.3 Å². The second-order valence-electron chi connectivity index (χ2n) is 8.54. The Bertz CT molecular complexity index is 1300. The molecule has 0 radical (unpaired) electrons. The third kappa shape index (κ3) is 6.32. The number of fused-ring (bicyclic) bond motifs is 1. The molecule has 3 amide bonds. The minimum atomic E-state index is -4.48. The lowest BCUT2D eigenvalue weighted by atomic mass is 10.1. The second-order valence-corrected chi connectivity index (χ2v) is 8.54. The smallest absolute Gasteiger partial charge is 0.416 e. The van der Waals surface area contributed by atoms with E-state index in [-0.39, 0.29) is 19.0 Å². The van der Waals surface area contributed by atoms with Crippen molar-refractivity contribution in [3.05, 3.63) is 83.4 Å². The molecule has 0 saturated heterocycles.